The van der Waals surface area contributed by atoms with E-state index in [1.165, 1.54) is 30.1 Å². The maximum Gasteiger partial charge on any atom is 0.416 e. The zero-order chi connectivity index (χ0) is 20.0. The maximum absolute atomic E-state index is 13.0. The van der Waals surface area contributed by atoms with Gasteiger partial charge in [-0.15, -0.1) is 11.8 Å². The highest BCUT2D eigenvalue weighted by atomic mass is 32.2. The fourth-order valence-corrected chi connectivity index (χ4v) is 2.98. The van der Waals surface area contributed by atoms with E-state index < -0.39 is 11.7 Å². The third kappa shape index (κ3) is 6.31. The molecule has 0 atom stereocenters. The predicted molar refractivity (Wildman–Crippen MR) is 95.1 cm³/mol. The fourth-order valence-electron chi connectivity index (χ4n) is 2.22. The van der Waals surface area contributed by atoms with Crippen LogP contribution in [0.1, 0.15) is 16.9 Å². The molecule has 0 unspecified atom stereocenters. The van der Waals surface area contributed by atoms with Crippen LogP contribution in [0.5, 0.6) is 0 Å². The highest BCUT2D eigenvalue weighted by molar-refractivity contribution is 8.00. The summed E-state index contributed by atoms with van der Waals surface area (Å²) in [6.07, 6.45) is -4.48. The number of aryl methyl sites for hydroxylation is 1. The van der Waals surface area contributed by atoms with E-state index in [0.717, 1.165) is 17.8 Å². The van der Waals surface area contributed by atoms with E-state index in [9.17, 15) is 22.8 Å². The topological polar surface area (TPSA) is 75.4 Å². The van der Waals surface area contributed by atoms with Gasteiger partial charge in [-0.2, -0.15) is 13.2 Å². The number of halogens is 3. The van der Waals surface area contributed by atoms with Crippen LogP contribution < -0.4 is 5.32 Å². The minimum Gasteiger partial charge on any atom is -0.360 e. The summed E-state index contributed by atoms with van der Waals surface area (Å²) in [6, 6.07) is 6.68. The average molecular weight is 401 g/mol. The van der Waals surface area contributed by atoms with E-state index >= 15 is 0 Å². The van der Waals surface area contributed by atoms with E-state index in [1.807, 2.05) is 0 Å². The largest absolute Gasteiger partial charge is 0.416 e. The maximum atomic E-state index is 13.0. The Balaban J connectivity index is 1.81. The van der Waals surface area contributed by atoms with Crippen molar-refractivity contribution in [2.75, 3.05) is 23.9 Å². The SMILES string of the molecule is Cc1cc(NC(=O)CSCC(=O)N(C)Cc2ccccc2C(F)(F)F)no1. The average Bonchev–Trinajstić information content (AvgIpc) is 2.99. The van der Waals surface area contributed by atoms with Crippen molar-refractivity contribution in [1.29, 1.82) is 0 Å². The molecule has 0 aliphatic heterocycles. The Kier molecular flexibility index (Phi) is 6.89. The van der Waals surface area contributed by atoms with E-state index in [1.54, 1.807) is 13.0 Å². The molecular weight excluding hydrogens is 383 g/mol. The molecule has 2 amide bonds. The van der Waals surface area contributed by atoms with E-state index in [-0.39, 0.29) is 41.2 Å². The Morgan fingerprint density at radius 1 is 1.26 bits per heavy atom. The number of amides is 2. The van der Waals surface area contributed by atoms with Gasteiger partial charge in [0.05, 0.1) is 17.1 Å². The lowest BCUT2D eigenvalue weighted by Gasteiger charge is -2.20. The number of benzene rings is 1. The van der Waals surface area contributed by atoms with Crippen molar-refractivity contribution in [3.8, 4) is 0 Å². The number of nitrogens with one attached hydrogen (secondary N) is 1. The second kappa shape index (κ2) is 8.94. The lowest BCUT2D eigenvalue weighted by Crippen LogP contribution is -2.29. The lowest BCUT2D eigenvalue weighted by atomic mass is 10.1. The molecule has 1 aromatic heterocycles. The van der Waals surface area contributed by atoms with Gasteiger partial charge in [0.15, 0.2) is 5.82 Å². The molecule has 0 aliphatic carbocycles. The third-order valence-electron chi connectivity index (χ3n) is 3.51. The van der Waals surface area contributed by atoms with Crippen molar-refractivity contribution >= 4 is 29.4 Å². The first kappa shape index (κ1) is 20.8. The van der Waals surface area contributed by atoms with Crippen molar-refractivity contribution in [1.82, 2.24) is 10.1 Å². The number of alkyl halides is 3. The van der Waals surface area contributed by atoms with Gasteiger partial charge in [0.25, 0.3) is 0 Å². The summed E-state index contributed by atoms with van der Waals surface area (Å²) in [5.41, 5.74) is -0.746. The van der Waals surface area contributed by atoms with Gasteiger partial charge in [-0.05, 0) is 18.6 Å². The molecule has 0 saturated heterocycles. The lowest BCUT2D eigenvalue weighted by molar-refractivity contribution is -0.139. The van der Waals surface area contributed by atoms with Crippen LogP contribution in [0, 0.1) is 6.92 Å². The Hall–Kier alpha value is -2.49. The summed E-state index contributed by atoms with van der Waals surface area (Å²) < 4.78 is 43.8. The number of nitrogens with zero attached hydrogens (tertiary/aromatic N) is 2. The third-order valence-corrected chi connectivity index (χ3v) is 4.43. The molecular formula is C17H18F3N3O3S. The zero-order valence-corrected chi connectivity index (χ0v) is 15.5. The van der Waals surface area contributed by atoms with Gasteiger partial charge < -0.3 is 14.7 Å². The van der Waals surface area contributed by atoms with Gasteiger partial charge in [-0.1, -0.05) is 23.4 Å². The van der Waals surface area contributed by atoms with Gasteiger partial charge in [0.1, 0.15) is 5.76 Å². The van der Waals surface area contributed by atoms with Crippen molar-refractivity contribution < 1.29 is 27.3 Å². The quantitative estimate of drug-likeness (QED) is 0.770. The number of aromatic nitrogens is 1. The van der Waals surface area contributed by atoms with E-state index in [2.05, 4.69) is 10.5 Å². The van der Waals surface area contributed by atoms with Crippen LogP contribution in [0.3, 0.4) is 0 Å². The van der Waals surface area contributed by atoms with Crippen LogP contribution in [0.4, 0.5) is 19.0 Å². The summed E-state index contributed by atoms with van der Waals surface area (Å²) in [4.78, 5) is 25.1. The summed E-state index contributed by atoms with van der Waals surface area (Å²) in [5, 5.41) is 6.13. The number of anilines is 1. The van der Waals surface area contributed by atoms with Crippen LogP contribution in [0.15, 0.2) is 34.9 Å². The summed E-state index contributed by atoms with van der Waals surface area (Å²) in [6.45, 7) is 1.52. The van der Waals surface area contributed by atoms with Gasteiger partial charge in [0, 0.05) is 19.7 Å². The van der Waals surface area contributed by atoms with Crippen molar-refractivity contribution in [3.63, 3.8) is 0 Å². The Bertz CT molecular complexity index is 808. The zero-order valence-electron chi connectivity index (χ0n) is 14.7. The van der Waals surface area contributed by atoms with Crippen molar-refractivity contribution in [2.24, 2.45) is 0 Å². The monoisotopic (exact) mass is 401 g/mol. The first-order valence-electron chi connectivity index (χ1n) is 7.87. The first-order valence-corrected chi connectivity index (χ1v) is 9.02. The number of hydrogen-bond donors (Lipinski definition) is 1. The van der Waals surface area contributed by atoms with Gasteiger partial charge >= 0.3 is 6.18 Å². The number of thioether (sulfide) groups is 1. The van der Waals surface area contributed by atoms with Crippen LogP contribution >= 0.6 is 11.8 Å². The molecule has 1 heterocycles. The summed E-state index contributed by atoms with van der Waals surface area (Å²) >= 11 is 1.06. The van der Waals surface area contributed by atoms with Crippen molar-refractivity contribution in [3.05, 3.63) is 47.2 Å². The first-order chi connectivity index (χ1) is 12.7. The number of rotatable bonds is 7. The number of carbonyl (C=O) groups is 2. The fraction of sp³-hybridized carbons (Fsp3) is 0.353. The highest BCUT2D eigenvalue weighted by Crippen LogP contribution is 2.32. The predicted octanol–water partition coefficient (Wildman–Crippen LogP) is 3.33. The number of carbonyl (C=O) groups excluding carboxylic acids is 2. The Labute approximate surface area is 158 Å². The minimum atomic E-state index is -4.48. The van der Waals surface area contributed by atoms with Crippen LogP contribution in [-0.2, 0) is 22.3 Å². The van der Waals surface area contributed by atoms with Gasteiger partial charge in [0.2, 0.25) is 11.8 Å². The molecule has 0 bridgehead atoms. The molecule has 6 nitrogen and oxygen atoms in total. The van der Waals surface area contributed by atoms with Crippen LogP contribution in [-0.4, -0.2) is 40.4 Å². The molecule has 0 aliphatic rings. The molecule has 2 rings (SSSR count). The van der Waals surface area contributed by atoms with E-state index in [4.69, 9.17) is 4.52 Å². The Morgan fingerprint density at radius 2 is 1.96 bits per heavy atom. The Morgan fingerprint density at radius 3 is 2.59 bits per heavy atom. The smallest absolute Gasteiger partial charge is 0.360 e. The molecule has 27 heavy (non-hydrogen) atoms. The molecule has 10 heteroatoms. The molecule has 0 saturated carbocycles. The highest BCUT2D eigenvalue weighted by Gasteiger charge is 2.33. The molecule has 0 fully saturated rings. The molecule has 0 radical (unpaired) electrons. The summed E-state index contributed by atoms with van der Waals surface area (Å²) in [7, 11) is 1.42. The minimum absolute atomic E-state index is 0.00459. The standard InChI is InChI=1S/C17H18F3N3O3S/c1-11-7-14(22-26-11)21-15(24)9-27-10-16(25)23(2)8-12-5-3-4-6-13(12)17(18,19)20/h3-7H,8-10H2,1-2H3,(H,21,22,24). The van der Waals surface area contributed by atoms with Gasteiger partial charge in [-0.3, -0.25) is 9.59 Å². The molecule has 146 valence electrons. The molecule has 0 spiro atoms. The second-order valence-electron chi connectivity index (χ2n) is 5.77. The second-order valence-corrected chi connectivity index (χ2v) is 6.75. The van der Waals surface area contributed by atoms with Gasteiger partial charge in [-0.25, -0.2) is 0 Å². The normalized spacial score (nSPS) is 11.3. The van der Waals surface area contributed by atoms with Crippen molar-refractivity contribution in [2.45, 2.75) is 19.6 Å². The van der Waals surface area contributed by atoms with Crippen LogP contribution in [0.2, 0.25) is 0 Å². The number of hydrogen-bond acceptors (Lipinski definition) is 5. The van der Waals surface area contributed by atoms with E-state index in [0.29, 0.717) is 5.76 Å². The molecule has 1 N–H and O–H groups in total. The molecule has 1 aromatic carbocycles. The molecule has 2 aromatic rings. The van der Waals surface area contributed by atoms with Crippen LogP contribution in [0.25, 0.3) is 0 Å². The summed E-state index contributed by atoms with van der Waals surface area (Å²) in [5.74, 6) is 0.0769.